The predicted octanol–water partition coefficient (Wildman–Crippen LogP) is 3.54. The summed E-state index contributed by atoms with van der Waals surface area (Å²) in [6.07, 6.45) is 10.7. The molecule has 3 amide bonds. The Kier molecular flexibility index (Phi) is 9.20. The first-order valence-corrected chi connectivity index (χ1v) is 13.8. The van der Waals surface area contributed by atoms with Crippen molar-refractivity contribution in [1.29, 1.82) is 0 Å². The number of rotatable bonds is 9. The molecule has 1 saturated carbocycles. The van der Waals surface area contributed by atoms with E-state index in [1.807, 2.05) is 19.1 Å². The van der Waals surface area contributed by atoms with Crippen molar-refractivity contribution in [2.24, 2.45) is 11.3 Å². The normalized spacial score (nSPS) is 18.2. The summed E-state index contributed by atoms with van der Waals surface area (Å²) in [6.45, 7) is 4.47. The highest BCUT2D eigenvalue weighted by molar-refractivity contribution is 6.04. The van der Waals surface area contributed by atoms with Gasteiger partial charge in [-0.2, -0.15) is 0 Å². The summed E-state index contributed by atoms with van der Waals surface area (Å²) in [4.78, 5) is 47.9. The second kappa shape index (κ2) is 12.6. The Morgan fingerprint density at radius 1 is 1.08 bits per heavy atom. The summed E-state index contributed by atoms with van der Waals surface area (Å²) in [7, 11) is 3.22. The molecule has 2 fully saturated rings. The molecule has 1 aliphatic heterocycles. The molecule has 2 N–H and O–H groups in total. The summed E-state index contributed by atoms with van der Waals surface area (Å²) in [6, 6.07) is 7.29. The molecule has 2 aromatic heterocycles. The zero-order valence-electron chi connectivity index (χ0n) is 22.9. The number of nitrogens with zero attached hydrogens (tertiary/aromatic N) is 3. The Labute approximate surface area is 225 Å². The summed E-state index contributed by atoms with van der Waals surface area (Å²) in [5.41, 5.74) is 0.708. The van der Waals surface area contributed by atoms with Gasteiger partial charge in [-0.3, -0.25) is 19.3 Å². The Bertz CT molecular complexity index is 1050. The standard InChI is InChI=1S/C29H41N5O4/c1-21-9-10-24(32-20-21)34(28(37)23-8-7-19-38-23)22-11-16-33(17-12-22)18-15-29(13-5-4-6-14-29)25(26(35)30-2)27(36)31-3/h7-10,19-20,22,25H,4-6,11-18H2,1-3H3,(H,30,35)(H,31,36). The van der Waals surface area contributed by atoms with Crippen LogP contribution in [0.4, 0.5) is 5.82 Å². The molecular formula is C29H41N5O4. The lowest BCUT2D eigenvalue weighted by atomic mass is 9.63. The van der Waals surface area contributed by atoms with Crippen molar-refractivity contribution >= 4 is 23.5 Å². The van der Waals surface area contributed by atoms with E-state index in [1.54, 1.807) is 37.3 Å². The number of piperidine rings is 1. The topological polar surface area (TPSA) is 108 Å². The Hall–Kier alpha value is -3.20. The van der Waals surface area contributed by atoms with Gasteiger partial charge in [0.1, 0.15) is 11.7 Å². The van der Waals surface area contributed by atoms with E-state index in [4.69, 9.17) is 4.42 Å². The number of pyridine rings is 1. The van der Waals surface area contributed by atoms with E-state index in [1.165, 1.54) is 6.26 Å². The number of aryl methyl sites for hydroxylation is 1. The zero-order chi connectivity index (χ0) is 27.1. The van der Waals surface area contributed by atoms with E-state index in [2.05, 4.69) is 20.5 Å². The molecule has 3 heterocycles. The van der Waals surface area contributed by atoms with Crippen LogP contribution < -0.4 is 15.5 Å². The van der Waals surface area contributed by atoms with Gasteiger partial charge in [0.15, 0.2) is 5.76 Å². The number of likely N-dealkylation sites (tertiary alicyclic amines) is 1. The van der Waals surface area contributed by atoms with Gasteiger partial charge in [0.05, 0.1) is 6.26 Å². The number of carbonyl (C=O) groups excluding carboxylic acids is 3. The Morgan fingerprint density at radius 3 is 2.32 bits per heavy atom. The smallest absolute Gasteiger partial charge is 0.295 e. The average molecular weight is 524 g/mol. The molecular weight excluding hydrogens is 482 g/mol. The predicted molar refractivity (Wildman–Crippen MR) is 146 cm³/mol. The molecule has 38 heavy (non-hydrogen) atoms. The maximum absolute atomic E-state index is 13.4. The number of anilines is 1. The van der Waals surface area contributed by atoms with Crippen LogP contribution in [0.2, 0.25) is 0 Å². The third kappa shape index (κ3) is 6.09. The average Bonchev–Trinajstić information content (AvgIpc) is 3.49. The number of hydrogen-bond acceptors (Lipinski definition) is 6. The third-order valence-corrected chi connectivity index (χ3v) is 8.42. The molecule has 0 atom stereocenters. The quantitative estimate of drug-likeness (QED) is 0.487. The number of furan rings is 1. The molecule has 2 aliphatic rings. The molecule has 1 aliphatic carbocycles. The van der Waals surface area contributed by atoms with Crippen molar-refractivity contribution in [3.63, 3.8) is 0 Å². The molecule has 1 saturated heterocycles. The van der Waals surface area contributed by atoms with Crippen LogP contribution in [-0.4, -0.2) is 67.4 Å². The van der Waals surface area contributed by atoms with Crippen molar-refractivity contribution in [2.45, 2.75) is 64.3 Å². The molecule has 206 valence electrons. The summed E-state index contributed by atoms with van der Waals surface area (Å²) >= 11 is 0. The molecule has 0 aromatic carbocycles. The van der Waals surface area contributed by atoms with Crippen LogP contribution in [0.25, 0.3) is 0 Å². The van der Waals surface area contributed by atoms with Gasteiger partial charge in [0.25, 0.3) is 5.91 Å². The van der Waals surface area contributed by atoms with Crippen molar-refractivity contribution < 1.29 is 18.8 Å². The second-order valence-electron chi connectivity index (χ2n) is 10.8. The molecule has 0 unspecified atom stereocenters. The van der Waals surface area contributed by atoms with Crippen LogP contribution in [0.15, 0.2) is 41.1 Å². The zero-order valence-corrected chi connectivity index (χ0v) is 22.9. The number of aromatic nitrogens is 1. The first kappa shape index (κ1) is 27.8. The maximum Gasteiger partial charge on any atom is 0.295 e. The van der Waals surface area contributed by atoms with E-state index in [-0.39, 0.29) is 29.2 Å². The lowest BCUT2D eigenvalue weighted by Gasteiger charge is -2.44. The Morgan fingerprint density at radius 2 is 1.76 bits per heavy atom. The van der Waals surface area contributed by atoms with E-state index in [0.29, 0.717) is 11.6 Å². The minimum Gasteiger partial charge on any atom is -0.459 e. The van der Waals surface area contributed by atoms with Gasteiger partial charge in [-0.15, -0.1) is 0 Å². The summed E-state index contributed by atoms with van der Waals surface area (Å²) in [5, 5.41) is 5.47. The van der Waals surface area contributed by atoms with E-state index >= 15 is 0 Å². The van der Waals surface area contributed by atoms with Gasteiger partial charge < -0.3 is 20.0 Å². The van der Waals surface area contributed by atoms with Crippen LogP contribution >= 0.6 is 0 Å². The van der Waals surface area contributed by atoms with Crippen molar-refractivity contribution in [3.05, 3.63) is 48.0 Å². The number of carbonyl (C=O) groups is 3. The highest BCUT2D eigenvalue weighted by atomic mass is 16.3. The highest BCUT2D eigenvalue weighted by Gasteiger charge is 2.47. The minimum absolute atomic E-state index is 0.00665. The van der Waals surface area contributed by atoms with Gasteiger partial charge in [0, 0.05) is 39.4 Å². The molecule has 2 aromatic rings. The molecule has 4 rings (SSSR count). The largest absolute Gasteiger partial charge is 0.459 e. The molecule has 9 heteroatoms. The van der Waals surface area contributed by atoms with Gasteiger partial charge >= 0.3 is 0 Å². The second-order valence-corrected chi connectivity index (χ2v) is 10.8. The first-order chi connectivity index (χ1) is 18.4. The SMILES string of the molecule is CNC(=O)C(C(=O)NC)C1(CCN2CCC(N(C(=O)c3ccco3)c3ccc(C)cn3)CC2)CCCCC1. The summed E-state index contributed by atoms with van der Waals surface area (Å²) in [5.74, 6) is -0.293. The lowest BCUT2D eigenvalue weighted by molar-refractivity contribution is -0.142. The van der Waals surface area contributed by atoms with Gasteiger partial charge in [0.2, 0.25) is 11.8 Å². The minimum atomic E-state index is -0.677. The molecule has 0 bridgehead atoms. The van der Waals surface area contributed by atoms with E-state index in [9.17, 15) is 14.4 Å². The molecule has 9 nitrogen and oxygen atoms in total. The van der Waals surface area contributed by atoms with Crippen LogP contribution in [0.1, 0.15) is 67.5 Å². The first-order valence-electron chi connectivity index (χ1n) is 13.8. The monoisotopic (exact) mass is 523 g/mol. The van der Waals surface area contributed by atoms with Crippen LogP contribution in [0.5, 0.6) is 0 Å². The highest BCUT2D eigenvalue weighted by Crippen LogP contribution is 2.46. The van der Waals surface area contributed by atoms with Gasteiger partial charge in [-0.05, 0) is 74.8 Å². The van der Waals surface area contributed by atoms with Gasteiger partial charge in [-0.1, -0.05) is 25.3 Å². The fourth-order valence-corrected chi connectivity index (χ4v) is 6.26. The van der Waals surface area contributed by atoms with Crippen LogP contribution in [0.3, 0.4) is 0 Å². The van der Waals surface area contributed by atoms with Crippen LogP contribution in [0, 0.1) is 18.3 Å². The summed E-state index contributed by atoms with van der Waals surface area (Å²) < 4.78 is 5.43. The fourth-order valence-electron chi connectivity index (χ4n) is 6.26. The van der Waals surface area contributed by atoms with Crippen molar-refractivity contribution in [2.75, 3.05) is 38.6 Å². The van der Waals surface area contributed by atoms with Crippen molar-refractivity contribution in [1.82, 2.24) is 20.5 Å². The number of nitrogens with one attached hydrogen (secondary N) is 2. The van der Waals surface area contributed by atoms with Gasteiger partial charge in [-0.25, -0.2) is 4.98 Å². The fraction of sp³-hybridized carbons (Fsp3) is 0.586. The Balaban J connectivity index is 1.45. The maximum atomic E-state index is 13.4. The molecule has 0 radical (unpaired) electrons. The third-order valence-electron chi connectivity index (χ3n) is 8.42. The number of hydrogen-bond donors (Lipinski definition) is 2. The lowest BCUT2D eigenvalue weighted by Crippen LogP contribution is -2.52. The van der Waals surface area contributed by atoms with E-state index in [0.717, 1.165) is 76.6 Å². The van der Waals surface area contributed by atoms with E-state index < -0.39 is 5.92 Å². The van der Waals surface area contributed by atoms with Crippen LogP contribution in [-0.2, 0) is 9.59 Å². The molecule has 0 spiro atoms. The van der Waals surface area contributed by atoms with Crippen molar-refractivity contribution in [3.8, 4) is 0 Å². The number of amides is 3.